The number of hydrogen-bond donors (Lipinski definition) is 2. The Morgan fingerprint density at radius 3 is 2.64 bits per heavy atom. The predicted octanol–water partition coefficient (Wildman–Crippen LogP) is 2.87. The van der Waals surface area contributed by atoms with Crippen molar-refractivity contribution in [3.8, 4) is 0 Å². The number of carbonyl (C=O) groups excluding carboxylic acids is 1. The molecule has 8 nitrogen and oxygen atoms in total. The number of aliphatic hydroxyl groups excluding tert-OH is 1. The van der Waals surface area contributed by atoms with E-state index in [-0.39, 0.29) is 13.3 Å². The SMILES string of the molecule is C.Cc1nc(CCc2cnn(Cc3ccc(F)c(F)c3)c2)nc2c1NC(=O)[C@H]([C@H](C)O)N2C. The van der Waals surface area contributed by atoms with E-state index in [4.69, 9.17) is 0 Å². The maximum Gasteiger partial charge on any atom is 0.249 e. The van der Waals surface area contributed by atoms with Crippen LogP contribution in [0.4, 0.5) is 20.3 Å². The summed E-state index contributed by atoms with van der Waals surface area (Å²) < 4.78 is 28.2. The molecule has 0 saturated carbocycles. The molecule has 33 heavy (non-hydrogen) atoms. The number of aliphatic hydroxyl groups is 1. The van der Waals surface area contributed by atoms with Crippen LogP contribution in [0.3, 0.4) is 0 Å². The highest BCUT2D eigenvalue weighted by Gasteiger charge is 2.36. The predicted molar refractivity (Wildman–Crippen MR) is 121 cm³/mol. The third-order valence-corrected chi connectivity index (χ3v) is 5.49. The van der Waals surface area contributed by atoms with Crippen molar-refractivity contribution in [2.24, 2.45) is 0 Å². The monoisotopic (exact) mass is 458 g/mol. The summed E-state index contributed by atoms with van der Waals surface area (Å²) in [4.78, 5) is 23.1. The number of carbonyl (C=O) groups is 1. The number of nitrogens with one attached hydrogen (secondary N) is 1. The van der Waals surface area contributed by atoms with Crippen LogP contribution in [0.25, 0.3) is 0 Å². The largest absolute Gasteiger partial charge is 0.391 e. The molecule has 1 aliphatic heterocycles. The molecule has 0 spiro atoms. The average Bonchev–Trinajstić information content (AvgIpc) is 3.17. The van der Waals surface area contributed by atoms with Crippen molar-refractivity contribution in [2.45, 2.75) is 52.8 Å². The summed E-state index contributed by atoms with van der Waals surface area (Å²) in [6.07, 6.45) is 3.90. The van der Waals surface area contributed by atoms with Crippen LogP contribution in [-0.2, 0) is 24.2 Å². The van der Waals surface area contributed by atoms with E-state index < -0.39 is 23.8 Å². The third kappa shape index (κ3) is 5.00. The fraction of sp³-hybridized carbons (Fsp3) is 0.391. The minimum atomic E-state index is -0.881. The van der Waals surface area contributed by atoms with Crippen molar-refractivity contribution in [2.75, 3.05) is 17.3 Å². The van der Waals surface area contributed by atoms with Crippen LogP contribution >= 0.6 is 0 Å². The van der Waals surface area contributed by atoms with Crippen LogP contribution in [0, 0.1) is 18.6 Å². The Labute approximate surface area is 191 Å². The average molecular weight is 459 g/mol. The first-order chi connectivity index (χ1) is 15.2. The van der Waals surface area contributed by atoms with Crippen LogP contribution < -0.4 is 10.2 Å². The van der Waals surface area contributed by atoms with E-state index in [2.05, 4.69) is 20.4 Å². The number of likely N-dealkylation sites (N-methyl/N-ethyl adjacent to an activating group) is 1. The van der Waals surface area contributed by atoms with E-state index in [1.807, 2.05) is 6.20 Å². The highest BCUT2D eigenvalue weighted by Crippen LogP contribution is 2.32. The van der Waals surface area contributed by atoms with Gasteiger partial charge in [-0.2, -0.15) is 5.10 Å². The van der Waals surface area contributed by atoms with E-state index in [0.29, 0.717) is 48.0 Å². The number of hydrogen-bond acceptors (Lipinski definition) is 6. The molecule has 3 heterocycles. The van der Waals surface area contributed by atoms with Gasteiger partial charge >= 0.3 is 0 Å². The maximum absolute atomic E-state index is 13.4. The molecule has 1 aromatic carbocycles. The lowest BCUT2D eigenvalue weighted by atomic mass is 10.1. The van der Waals surface area contributed by atoms with Gasteiger partial charge < -0.3 is 15.3 Å². The van der Waals surface area contributed by atoms with Crippen LogP contribution in [0.1, 0.15) is 37.0 Å². The van der Waals surface area contributed by atoms with Gasteiger partial charge in [0, 0.05) is 19.7 Å². The van der Waals surface area contributed by atoms with Crippen molar-refractivity contribution in [1.29, 1.82) is 0 Å². The van der Waals surface area contributed by atoms with Gasteiger partial charge in [0.05, 0.1) is 24.5 Å². The van der Waals surface area contributed by atoms with Gasteiger partial charge in [0.2, 0.25) is 5.91 Å². The molecule has 4 rings (SSSR count). The second-order valence-electron chi connectivity index (χ2n) is 8.00. The molecule has 0 fully saturated rings. The van der Waals surface area contributed by atoms with E-state index >= 15 is 0 Å². The molecule has 1 amide bonds. The molecular formula is C23H28F2N6O2. The molecule has 2 N–H and O–H groups in total. The third-order valence-electron chi connectivity index (χ3n) is 5.49. The summed E-state index contributed by atoms with van der Waals surface area (Å²) in [6.45, 7) is 3.70. The number of nitrogens with zero attached hydrogens (tertiary/aromatic N) is 5. The number of benzene rings is 1. The van der Waals surface area contributed by atoms with E-state index in [9.17, 15) is 18.7 Å². The summed E-state index contributed by atoms with van der Waals surface area (Å²) in [6, 6.07) is 3.07. The molecule has 2 atom stereocenters. The molecule has 0 radical (unpaired) electrons. The van der Waals surface area contributed by atoms with Gasteiger partial charge in [0.15, 0.2) is 17.5 Å². The quantitative estimate of drug-likeness (QED) is 0.590. The smallest absolute Gasteiger partial charge is 0.249 e. The first-order valence-corrected chi connectivity index (χ1v) is 10.3. The second kappa shape index (κ2) is 9.62. The first-order valence-electron chi connectivity index (χ1n) is 10.3. The Balaban J connectivity index is 0.00000306. The summed E-state index contributed by atoms with van der Waals surface area (Å²) in [7, 11) is 1.73. The lowest BCUT2D eigenvalue weighted by molar-refractivity contribution is -0.119. The van der Waals surface area contributed by atoms with Gasteiger partial charge in [0.1, 0.15) is 17.6 Å². The molecule has 0 unspecified atom stereocenters. The first kappa shape index (κ1) is 24.2. The van der Waals surface area contributed by atoms with Crippen LogP contribution in [0.15, 0.2) is 30.6 Å². The van der Waals surface area contributed by atoms with E-state index in [0.717, 1.165) is 17.7 Å². The Bertz CT molecular complexity index is 1160. The molecular weight excluding hydrogens is 430 g/mol. The fourth-order valence-electron chi connectivity index (χ4n) is 3.88. The highest BCUT2D eigenvalue weighted by molar-refractivity contribution is 6.03. The summed E-state index contributed by atoms with van der Waals surface area (Å²) >= 11 is 0. The van der Waals surface area contributed by atoms with Crippen LogP contribution in [0.2, 0.25) is 0 Å². The Hall–Kier alpha value is -3.40. The maximum atomic E-state index is 13.4. The zero-order valence-corrected chi connectivity index (χ0v) is 18.0. The summed E-state index contributed by atoms with van der Waals surface area (Å²) in [5.74, 6) is -0.856. The van der Waals surface area contributed by atoms with Crippen LogP contribution in [0.5, 0.6) is 0 Å². The van der Waals surface area contributed by atoms with E-state index in [1.165, 1.54) is 6.07 Å². The molecule has 10 heteroatoms. The van der Waals surface area contributed by atoms with Gasteiger partial charge in [-0.3, -0.25) is 9.48 Å². The molecule has 1 aliphatic rings. The number of anilines is 2. The van der Waals surface area contributed by atoms with Gasteiger partial charge in [-0.1, -0.05) is 13.5 Å². The minimum Gasteiger partial charge on any atom is -0.391 e. The zero-order chi connectivity index (χ0) is 23.0. The molecule has 0 aliphatic carbocycles. The number of rotatable bonds is 6. The minimum absolute atomic E-state index is 0. The normalized spacial score (nSPS) is 16.1. The summed E-state index contributed by atoms with van der Waals surface area (Å²) in [5, 5.41) is 17.1. The molecule has 176 valence electrons. The number of fused-ring (bicyclic) bond motifs is 1. The lowest BCUT2D eigenvalue weighted by Gasteiger charge is -2.36. The fourth-order valence-corrected chi connectivity index (χ4v) is 3.88. The number of amides is 1. The molecule has 3 aromatic rings. The Morgan fingerprint density at radius 1 is 1.18 bits per heavy atom. The standard InChI is InChI=1S/C22H24F2N6O2.CH4/c1-12-19-21(29(3)20(13(2)31)22(32)28-19)27-18(26-12)7-5-15-9-25-30(11-15)10-14-4-6-16(23)17(24)8-14;/h4,6,8-9,11,13,20,31H,5,7,10H2,1-3H3,(H,28,32);1H4/t13-,20-;/m0./s1. The second-order valence-corrected chi connectivity index (χ2v) is 8.00. The van der Waals surface area contributed by atoms with Gasteiger partial charge in [-0.25, -0.2) is 18.7 Å². The highest BCUT2D eigenvalue weighted by atomic mass is 19.2. The summed E-state index contributed by atoms with van der Waals surface area (Å²) in [5.41, 5.74) is 2.78. The number of halogens is 2. The van der Waals surface area contributed by atoms with Crippen molar-refractivity contribution < 1.29 is 18.7 Å². The Morgan fingerprint density at radius 2 is 1.94 bits per heavy atom. The van der Waals surface area contributed by atoms with Crippen LogP contribution in [-0.4, -0.2) is 50.0 Å². The zero-order valence-electron chi connectivity index (χ0n) is 18.0. The van der Waals surface area contributed by atoms with E-state index in [1.54, 1.807) is 36.7 Å². The van der Waals surface area contributed by atoms with Gasteiger partial charge in [-0.05, 0) is 43.5 Å². The van der Waals surface area contributed by atoms with Crippen molar-refractivity contribution in [3.05, 3.63) is 64.9 Å². The van der Waals surface area contributed by atoms with Gasteiger partial charge in [0.25, 0.3) is 0 Å². The van der Waals surface area contributed by atoms with Crippen molar-refractivity contribution in [1.82, 2.24) is 19.7 Å². The number of aromatic nitrogens is 4. The van der Waals surface area contributed by atoms with Crippen molar-refractivity contribution in [3.63, 3.8) is 0 Å². The Kier molecular flexibility index (Phi) is 7.06. The van der Waals surface area contributed by atoms with Crippen molar-refractivity contribution >= 4 is 17.4 Å². The molecule has 0 saturated heterocycles. The lowest BCUT2D eigenvalue weighted by Crippen LogP contribution is -2.52. The topological polar surface area (TPSA) is 96.2 Å². The number of aryl methyl sites for hydroxylation is 3. The molecule has 0 bridgehead atoms. The molecule has 2 aromatic heterocycles. The van der Waals surface area contributed by atoms with Gasteiger partial charge in [-0.15, -0.1) is 0 Å².